The average Bonchev–Trinajstić information content (AvgIpc) is 3.22. The lowest BCUT2D eigenvalue weighted by molar-refractivity contribution is -0.0233. The lowest BCUT2D eigenvalue weighted by Crippen LogP contribution is -2.49. The van der Waals surface area contributed by atoms with Gasteiger partial charge in [0.2, 0.25) is 5.95 Å². The second-order valence-corrected chi connectivity index (χ2v) is 7.15. The Morgan fingerprint density at radius 2 is 2.24 bits per heavy atom. The van der Waals surface area contributed by atoms with Gasteiger partial charge in [0.15, 0.2) is 0 Å². The number of hydrogen-bond acceptors (Lipinski definition) is 7. The maximum absolute atomic E-state index is 6.05. The molecule has 0 amide bonds. The number of fused-ring (bicyclic) bond motifs is 1. The number of likely N-dealkylation sites (tertiary alicyclic amines) is 1. The van der Waals surface area contributed by atoms with Gasteiger partial charge in [0.05, 0.1) is 11.8 Å². The van der Waals surface area contributed by atoms with Crippen LogP contribution in [0, 0.1) is 12.3 Å². The Balaban J connectivity index is 1.38. The van der Waals surface area contributed by atoms with Gasteiger partial charge in [-0.25, -0.2) is 9.97 Å². The SMILES string of the molecule is Cc1cc(CN2CC[C@@H]3OCC[C@]3(CCNc3ncccn3)C2)no1. The molecule has 2 aromatic rings. The molecular formula is C18H25N5O2. The van der Waals surface area contributed by atoms with E-state index >= 15 is 0 Å². The first-order valence-corrected chi connectivity index (χ1v) is 9.01. The van der Waals surface area contributed by atoms with Crippen LogP contribution in [0.2, 0.25) is 0 Å². The van der Waals surface area contributed by atoms with Gasteiger partial charge in [-0.3, -0.25) is 4.90 Å². The van der Waals surface area contributed by atoms with Gasteiger partial charge in [0, 0.05) is 56.7 Å². The topological polar surface area (TPSA) is 76.3 Å². The van der Waals surface area contributed by atoms with E-state index in [2.05, 4.69) is 25.3 Å². The van der Waals surface area contributed by atoms with Crippen LogP contribution >= 0.6 is 0 Å². The standard InChI is InChI=1S/C18H25N5O2/c1-14-11-15(22-25-14)12-23-9-3-16-18(13-23,5-10-24-16)4-8-21-17-19-6-2-7-20-17/h2,6-7,11,16H,3-5,8-10,12-13H2,1H3,(H,19,20,21)/t16-,18+/m0/s1. The van der Waals surface area contributed by atoms with Crippen LogP contribution in [0.4, 0.5) is 5.95 Å². The molecule has 2 fully saturated rings. The molecule has 7 heteroatoms. The molecule has 1 N–H and O–H groups in total. The molecule has 2 saturated heterocycles. The molecule has 0 spiro atoms. The number of ether oxygens (including phenoxy) is 1. The maximum Gasteiger partial charge on any atom is 0.222 e. The first-order chi connectivity index (χ1) is 12.2. The van der Waals surface area contributed by atoms with Crippen LogP contribution < -0.4 is 5.32 Å². The van der Waals surface area contributed by atoms with E-state index in [1.807, 2.05) is 19.1 Å². The molecule has 2 aliphatic heterocycles. The van der Waals surface area contributed by atoms with Crippen molar-refractivity contribution in [2.75, 3.05) is 31.6 Å². The van der Waals surface area contributed by atoms with Gasteiger partial charge in [-0.15, -0.1) is 0 Å². The van der Waals surface area contributed by atoms with Gasteiger partial charge in [0.1, 0.15) is 5.76 Å². The van der Waals surface area contributed by atoms with Crippen molar-refractivity contribution in [1.29, 1.82) is 0 Å². The highest BCUT2D eigenvalue weighted by atomic mass is 16.5. The number of piperidine rings is 1. The number of aryl methyl sites for hydroxylation is 1. The Labute approximate surface area is 147 Å². The normalized spacial score (nSPS) is 26.5. The molecular weight excluding hydrogens is 318 g/mol. The monoisotopic (exact) mass is 343 g/mol. The van der Waals surface area contributed by atoms with Crippen molar-refractivity contribution in [3.63, 3.8) is 0 Å². The van der Waals surface area contributed by atoms with Crippen LogP contribution in [0.1, 0.15) is 30.7 Å². The van der Waals surface area contributed by atoms with Crippen molar-refractivity contribution in [3.05, 3.63) is 36.0 Å². The van der Waals surface area contributed by atoms with Gasteiger partial charge in [-0.2, -0.15) is 0 Å². The largest absolute Gasteiger partial charge is 0.378 e. The summed E-state index contributed by atoms with van der Waals surface area (Å²) in [4.78, 5) is 11.0. The van der Waals surface area contributed by atoms with Crippen LogP contribution in [-0.4, -0.2) is 52.4 Å². The smallest absolute Gasteiger partial charge is 0.222 e. The summed E-state index contributed by atoms with van der Waals surface area (Å²) in [7, 11) is 0. The van der Waals surface area contributed by atoms with Crippen molar-refractivity contribution in [2.24, 2.45) is 5.41 Å². The van der Waals surface area contributed by atoms with Crippen molar-refractivity contribution in [2.45, 2.75) is 38.8 Å². The molecule has 0 aromatic carbocycles. The fourth-order valence-corrected chi connectivity index (χ4v) is 4.17. The molecule has 7 nitrogen and oxygen atoms in total. The molecule has 25 heavy (non-hydrogen) atoms. The zero-order valence-corrected chi connectivity index (χ0v) is 14.6. The highest BCUT2D eigenvalue weighted by Gasteiger charge is 2.47. The predicted octanol–water partition coefficient (Wildman–Crippen LogP) is 2.26. The highest BCUT2D eigenvalue weighted by molar-refractivity contribution is 5.22. The lowest BCUT2D eigenvalue weighted by atomic mass is 9.74. The van der Waals surface area contributed by atoms with Crippen molar-refractivity contribution in [1.82, 2.24) is 20.0 Å². The second kappa shape index (κ2) is 7.09. The first-order valence-electron chi connectivity index (χ1n) is 9.01. The second-order valence-electron chi connectivity index (χ2n) is 7.15. The summed E-state index contributed by atoms with van der Waals surface area (Å²) in [6.07, 6.45) is 7.14. The highest BCUT2D eigenvalue weighted by Crippen LogP contribution is 2.43. The quantitative estimate of drug-likeness (QED) is 0.862. The number of aromatic nitrogens is 3. The number of nitrogens with zero attached hydrogens (tertiary/aromatic N) is 4. The number of nitrogens with one attached hydrogen (secondary N) is 1. The van der Waals surface area contributed by atoms with E-state index in [1.54, 1.807) is 12.4 Å². The van der Waals surface area contributed by atoms with E-state index in [4.69, 9.17) is 9.26 Å². The molecule has 0 bridgehead atoms. The summed E-state index contributed by atoms with van der Waals surface area (Å²) < 4.78 is 11.3. The molecule has 0 radical (unpaired) electrons. The molecule has 2 atom stereocenters. The van der Waals surface area contributed by atoms with E-state index in [-0.39, 0.29) is 5.41 Å². The summed E-state index contributed by atoms with van der Waals surface area (Å²) in [5, 5.41) is 7.49. The number of anilines is 1. The Morgan fingerprint density at radius 3 is 3.04 bits per heavy atom. The third kappa shape index (κ3) is 3.67. The van der Waals surface area contributed by atoms with E-state index in [0.717, 1.165) is 63.5 Å². The Kier molecular flexibility index (Phi) is 4.67. The van der Waals surface area contributed by atoms with Gasteiger partial charge >= 0.3 is 0 Å². The molecule has 0 unspecified atom stereocenters. The fraction of sp³-hybridized carbons (Fsp3) is 0.611. The molecule has 2 aromatic heterocycles. The van der Waals surface area contributed by atoms with Gasteiger partial charge in [-0.05, 0) is 32.3 Å². The molecule has 2 aliphatic rings. The molecule has 4 heterocycles. The molecule has 0 aliphatic carbocycles. The first kappa shape index (κ1) is 16.5. The summed E-state index contributed by atoms with van der Waals surface area (Å²) >= 11 is 0. The van der Waals surface area contributed by atoms with E-state index in [0.29, 0.717) is 12.1 Å². The number of rotatable bonds is 6. The fourth-order valence-electron chi connectivity index (χ4n) is 4.17. The zero-order valence-electron chi connectivity index (χ0n) is 14.6. The van der Waals surface area contributed by atoms with Gasteiger partial charge in [0.25, 0.3) is 0 Å². The summed E-state index contributed by atoms with van der Waals surface area (Å²) in [6.45, 7) is 6.60. The van der Waals surface area contributed by atoms with Crippen LogP contribution in [0.3, 0.4) is 0 Å². The lowest BCUT2D eigenvalue weighted by Gasteiger charge is -2.43. The van der Waals surface area contributed by atoms with Crippen LogP contribution in [0.15, 0.2) is 29.0 Å². The van der Waals surface area contributed by atoms with Crippen LogP contribution in [0.5, 0.6) is 0 Å². The zero-order chi connectivity index (χ0) is 17.1. The molecule has 134 valence electrons. The van der Waals surface area contributed by atoms with Gasteiger partial charge < -0.3 is 14.6 Å². The summed E-state index contributed by atoms with van der Waals surface area (Å²) in [5.74, 6) is 1.57. The molecule has 0 saturated carbocycles. The minimum absolute atomic E-state index is 0.207. The average molecular weight is 343 g/mol. The third-order valence-electron chi connectivity index (χ3n) is 5.38. The summed E-state index contributed by atoms with van der Waals surface area (Å²) in [5.41, 5.74) is 1.22. The van der Waals surface area contributed by atoms with E-state index < -0.39 is 0 Å². The van der Waals surface area contributed by atoms with Crippen molar-refractivity contribution >= 4 is 5.95 Å². The van der Waals surface area contributed by atoms with Crippen LogP contribution in [-0.2, 0) is 11.3 Å². The van der Waals surface area contributed by atoms with E-state index in [9.17, 15) is 0 Å². The Hall–Kier alpha value is -1.99. The van der Waals surface area contributed by atoms with Crippen molar-refractivity contribution in [3.8, 4) is 0 Å². The Morgan fingerprint density at radius 1 is 1.36 bits per heavy atom. The Bertz CT molecular complexity index is 692. The minimum atomic E-state index is 0.207. The van der Waals surface area contributed by atoms with Crippen LogP contribution in [0.25, 0.3) is 0 Å². The third-order valence-corrected chi connectivity index (χ3v) is 5.38. The van der Waals surface area contributed by atoms with Gasteiger partial charge in [-0.1, -0.05) is 5.16 Å². The minimum Gasteiger partial charge on any atom is -0.378 e. The van der Waals surface area contributed by atoms with Crippen molar-refractivity contribution < 1.29 is 9.26 Å². The molecule has 4 rings (SSSR count). The van der Waals surface area contributed by atoms with E-state index in [1.165, 1.54) is 0 Å². The maximum atomic E-state index is 6.05. The predicted molar refractivity (Wildman–Crippen MR) is 93.1 cm³/mol. The number of hydrogen-bond donors (Lipinski definition) is 1. The summed E-state index contributed by atoms with van der Waals surface area (Å²) in [6, 6.07) is 3.85.